The minimum absolute atomic E-state index is 0.107. The van der Waals surface area contributed by atoms with E-state index in [1.807, 2.05) is 30.3 Å². The molecule has 3 aromatic rings. The fraction of sp³-hybridized carbons (Fsp3) is 0.0476. The lowest BCUT2D eigenvalue weighted by Gasteiger charge is -2.12. The van der Waals surface area contributed by atoms with E-state index in [9.17, 15) is 9.90 Å². The van der Waals surface area contributed by atoms with Crippen LogP contribution in [0, 0.1) is 4.77 Å². The van der Waals surface area contributed by atoms with E-state index < -0.39 is 5.56 Å². The highest BCUT2D eigenvalue weighted by molar-refractivity contribution is 7.71. The van der Waals surface area contributed by atoms with Gasteiger partial charge in [-0.25, -0.2) is 0 Å². The quantitative estimate of drug-likeness (QED) is 0.469. The molecule has 0 aliphatic carbocycles. The number of para-hydroxylation sites is 1. The number of H-pyrrole nitrogens is 1. The van der Waals surface area contributed by atoms with Crippen molar-refractivity contribution in [3.05, 3.63) is 94.0 Å². The third kappa shape index (κ3) is 4.24. The van der Waals surface area contributed by atoms with Gasteiger partial charge in [0.05, 0.1) is 11.3 Å². The summed E-state index contributed by atoms with van der Waals surface area (Å²) in [6.45, 7) is 3.62. The maximum absolute atomic E-state index is 12.1. The van der Waals surface area contributed by atoms with Crippen molar-refractivity contribution in [2.75, 3.05) is 0 Å². The van der Waals surface area contributed by atoms with Crippen molar-refractivity contribution < 1.29 is 9.84 Å². The van der Waals surface area contributed by atoms with E-state index >= 15 is 0 Å². The molecule has 136 valence electrons. The van der Waals surface area contributed by atoms with E-state index in [2.05, 4.69) is 11.6 Å². The van der Waals surface area contributed by atoms with Crippen LogP contribution in [0.3, 0.4) is 0 Å². The average molecular weight is 378 g/mol. The second-order valence-electron chi connectivity index (χ2n) is 5.67. The lowest BCUT2D eigenvalue weighted by Crippen LogP contribution is -2.15. The summed E-state index contributed by atoms with van der Waals surface area (Å²) in [5.41, 5.74) is 0.292. The van der Waals surface area contributed by atoms with Gasteiger partial charge in [0.1, 0.15) is 11.5 Å². The van der Waals surface area contributed by atoms with Crippen LogP contribution in [0.15, 0.2) is 78.1 Å². The summed E-state index contributed by atoms with van der Waals surface area (Å²) >= 11 is 5.22. The molecule has 0 saturated heterocycles. The molecule has 0 fully saturated rings. The van der Waals surface area contributed by atoms with Crippen molar-refractivity contribution in [3.63, 3.8) is 0 Å². The van der Waals surface area contributed by atoms with Gasteiger partial charge in [0.25, 0.3) is 5.56 Å². The summed E-state index contributed by atoms with van der Waals surface area (Å²) in [6, 6.07) is 16.5. The van der Waals surface area contributed by atoms with E-state index in [1.165, 1.54) is 4.57 Å². The second-order valence-corrected chi connectivity index (χ2v) is 6.05. The van der Waals surface area contributed by atoms with Crippen LogP contribution in [0.2, 0.25) is 0 Å². The first-order chi connectivity index (χ1) is 13.1. The van der Waals surface area contributed by atoms with E-state index in [0.29, 0.717) is 17.9 Å². The number of nitrogens with one attached hydrogen (secondary N) is 1. The molecule has 6 heteroatoms. The van der Waals surface area contributed by atoms with E-state index in [-0.39, 0.29) is 16.2 Å². The third-order valence-corrected chi connectivity index (χ3v) is 4.07. The number of nitrogens with zero attached hydrogens (tertiary/aromatic N) is 1. The number of allylic oxidation sites excluding steroid dienone is 2. The predicted molar refractivity (Wildman–Crippen MR) is 109 cm³/mol. The summed E-state index contributed by atoms with van der Waals surface area (Å²) in [7, 11) is 0. The minimum Gasteiger partial charge on any atom is -0.494 e. The summed E-state index contributed by atoms with van der Waals surface area (Å²) in [6.07, 6.45) is 5.57. The number of aromatic hydroxyl groups is 1. The summed E-state index contributed by atoms with van der Waals surface area (Å²) in [4.78, 5) is 14.7. The van der Waals surface area contributed by atoms with Crippen LogP contribution in [-0.2, 0) is 0 Å². The Morgan fingerprint density at radius 3 is 2.44 bits per heavy atom. The first-order valence-electron chi connectivity index (χ1n) is 8.29. The zero-order chi connectivity index (χ0) is 19.2. The predicted octanol–water partition coefficient (Wildman–Crippen LogP) is 4.98. The monoisotopic (exact) mass is 378 g/mol. The standard InChI is InChI=1S/C21H18N2O3S/c1-2-3-5-10-18-19(24)22-21(27)23(20(18)25)15-11-13-17(14-12-15)26-16-8-6-4-7-9-16/h2,4-14,25H,1,3H2,(H,22,24,27). The maximum atomic E-state index is 12.1. The SMILES string of the molecule is C=CCC=Cc1c(O)n(-c2ccc(Oc3ccccc3)cc2)c(=S)[nH]c1=O. The van der Waals surface area contributed by atoms with Gasteiger partial charge < -0.3 is 9.84 Å². The molecule has 0 atom stereocenters. The molecule has 0 amide bonds. The van der Waals surface area contributed by atoms with Crippen LogP contribution < -0.4 is 10.3 Å². The van der Waals surface area contributed by atoms with Gasteiger partial charge in [-0.1, -0.05) is 30.4 Å². The highest BCUT2D eigenvalue weighted by Gasteiger charge is 2.12. The number of hydrogen-bond acceptors (Lipinski definition) is 4. The maximum Gasteiger partial charge on any atom is 0.262 e. The van der Waals surface area contributed by atoms with E-state index in [4.69, 9.17) is 17.0 Å². The Bertz CT molecular complexity index is 1080. The smallest absolute Gasteiger partial charge is 0.262 e. The molecule has 0 saturated carbocycles. The topological polar surface area (TPSA) is 67.2 Å². The Morgan fingerprint density at radius 1 is 1.11 bits per heavy atom. The first kappa shape index (κ1) is 18.4. The van der Waals surface area contributed by atoms with Gasteiger partial charge in [-0.15, -0.1) is 6.58 Å². The molecule has 1 aromatic heterocycles. The number of benzene rings is 2. The molecule has 0 aliphatic rings. The highest BCUT2D eigenvalue weighted by atomic mass is 32.1. The van der Waals surface area contributed by atoms with Crippen LogP contribution >= 0.6 is 12.2 Å². The van der Waals surface area contributed by atoms with Gasteiger partial charge >= 0.3 is 0 Å². The largest absolute Gasteiger partial charge is 0.494 e. The van der Waals surface area contributed by atoms with Crippen LogP contribution in [0.5, 0.6) is 17.4 Å². The summed E-state index contributed by atoms with van der Waals surface area (Å²) < 4.78 is 7.27. The molecule has 0 aliphatic heterocycles. The van der Waals surface area contributed by atoms with Crippen molar-refractivity contribution >= 4 is 18.3 Å². The van der Waals surface area contributed by atoms with Crippen molar-refractivity contribution in [2.24, 2.45) is 0 Å². The van der Waals surface area contributed by atoms with Crippen LogP contribution in [0.1, 0.15) is 12.0 Å². The van der Waals surface area contributed by atoms with Crippen molar-refractivity contribution in [1.82, 2.24) is 9.55 Å². The molecule has 0 spiro atoms. The van der Waals surface area contributed by atoms with Gasteiger partial charge in [-0.3, -0.25) is 14.3 Å². The van der Waals surface area contributed by atoms with E-state index in [0.717, 1.165) is 5.75 Å². The van der Waals surface area contributed by atoms with Crippen molar-refractivity contribution in [3.8, 4) is 23.1 Å². The Kier molecular flexibility index (Phi) is 5.68. The van der Waals surface area contributed by atoms with Gasteiger partial charge in [-0.2, -0.15) is 0 Å². The molecule has 1 heterocycles. The Hall–Kier alpha value is -3.38. The number of rotatable bonds is 6. The number of hydrogen-bond donors (Lipinski definition) is 2. The molecule has 3 rings (SSSR count). The Morgan fingerprint density at radius 2 is 1.78 bits per heavy atom. The molecular formula is C21H18N2O3S. The zero-order valence-corrected chi connectivity index (χ0v) is 15.3. The highest BCUT2D eigenvalue weighted by Crippen LogP contribution is 2.25. The fourth-order valence-corrected chi connectivity index (χ4v) is 2.78. The second kappa shape index (κ2) is 8.33. The molecule has 5 nitrogen and oxygen atoms in total. The lowest BCUT2D eigenvalue weighted by molar-refractivity contribution is 0.431. The molecule has 0 unspecified atom stereocenters. The Balaban J connectivity index is 1.96. The molecular weight excluding hydrogens is 360 g/mol. The normalized spacial score (nSPS) is 10.8. The lowest BCUT2D eigenvalue weighted by atomic mass is 10.2. The fourth-order valence-electron chi connectivity index (χ4n) is 2.50. The minimum atomic E-state index is -0.446. The van der Waals surface area contributed by atoms with Crippen LogP contribution in [0.25, 0.3) is 11.8 Å². The molecule has 2 aromatic carbocycles. The van der Waals surface area contributed by atoms with Crippen LogP contribution in [-0.4, -0.2) is 14.7 Å². The van der Waals surface area contributed by atoms with Crippen molar-refractivity contribution in [1.29, 1.82) is 0 Å². The average Bonchev–Trinajstić information content (AvgIpc) is 2.66. The molecule has 0 bridgehead atoms. The first-order valence-corrected chi connectivity index (χ1v) is 8.70. The molecule has 2 N–H and O–H groups in total. The van der Waals surface area contributed by atoms with Gasteiger partial charge in [0.15, 0.2) is 4.77 Å². The van der Waals surface area contributed by atoms with Gasteiger partial charge in [0, 0.05) is 0 Å². The van der Waals surface area contributed by atoms with Crippen molar-refractivity contribution in [2.45, 2.75) is 6.42 Å². The molecule has 27 heavy (non-hydrogen) atoms. The van der Waals surface area contributed by atoms with Crippen LogP contribution in [0.4, 0.5) is 0 Å². The zero-order valence-electron chi connectivity index (χ0n) is 14.5. The number of aromatic amines is 1. The number of ether oxygens (including phenoxy) is 1. The Labute approximate surface area is 161 Å². The third-order valence-electron chi connectivity index (χ3n) is 3.78. The summed E-state index contributed by atoms with van der Waals surface area (Å²) in [5, 5.41) is 10.6. The van der Waals surface area contributed by atoms with Gasteiger partial charge in [0.2, 0.25) is 5.88 Å². The number of aromatic nitrogens is 2. The summed E-state index contributed by atoms with van der Waals surface area (Å²) in [5.74, 6) is 1.15. The molecule has 0 radical (unpaired) electrons. The van der Waals surface area contributed by atoms with E-state index in [1.54, 1.807) is 42.5 Å². The van der Waals surface area contributed by atoms with Gasteiger partial charge in [-0.05, 0) is 61.1 Å².